The molecule has 0 saturated carbocycles. The first kappa shape index (κ1) is 9.96. The van der Waals surface area contributed by atoms with Crippen molar-refractivity contribution in [1.29, 1.82) is 0 Å². The second kappa shape index (κ2) is 4.80. The molecule has 1 saturated heterocycles. The predicted octanol–water partition coefficient (Wildman–Crippen LogP) is 0.742. The van der Waals surface area contributed by atoms with Gasteiger partial charge in [0.1, 0.15) is 0 Å². The molecule has 1 fully saturated rings. The lowest BCUT2D eigenvalue weighted by Gasteiger charge is -2.30. The van der Waals surface area contributed by atoms with E-state index < -0.39 is 0 Å². The highest BCUT2D eigenvalue weighted by Crippen LogP contribution is 2.04. The first-order valence-corrected chi connectivity index (χ1v) is 4.60. The van der Waals surface area contributed by atoms with Crippen LogP contribution in [0.5, 0.6) is 0 Å². The minimum absolute atomic E-state index is 0.270. The molecule has 0 amide bonds. The lowest BCUT2D eigenvalue weighted by molar-refractivity contribution is -0.0744. The van der Waals surface area contributed by atoms with Gasteiger partial charge in [0.05, 0.1) is 25.4 Å². The monoisotopic (exact) mass is 173 g/mol. The molecule has 1 aliphatic heterocycles. The molecule has 0 aliphatic carbocycles. The molecule has 0 aromatic rings. The van der Waals surface area contributed by atoms with E-state index in [4.69, 9.17) is 9.47 Å². The van der Waals surface area contributed by atoms with Gasteiger partial charge in [0.15, 0.2) is 0 Å². The molecule has 1 heterocycles. The molecule has 0 spiro atoms. The van der Waals surface area contributed by atoms with Gasteiger partial charge in [-0.05, 0) is 20.9 Å². The van der Waals surface area contributed by atoms with Crippen LogP contribution in [-0.2, 0) is 9.47 Å². The topological polar surface area (TPSA) is 21.7 Å². The SMILES string of the molecule is CC(C)OC[C@H]1CN(C)CCO1. The summed E-state index contributed by atoms with van der Waals surface area (Å²) in [6.07, 6.45) is 0.576. The van der Waals surface area contributed by atoms with Gasteiger partial charge in [-0.15, -0.1) is 0 Å². The van der Waals surface area contributed by atoms with Crippen LogP contribution in [0, 0.1) is 0 Å². The number of ether oxygens (including phenoxy) is 2. The Morgan fingerprint density at radius 2 is 2.33 bits per heavy atom. The van der Waals surface area contributed by atoms with Crippen molar-refractivity contribution in [2.75, 3.05) is 33.4 Å². The average Bonchev–Trinajstić information content (AvgIpc) is 2.01. The Bertz CT molecular complexity index is 128. The fourth-order valence-corrected chi connectivity index (χ4v) is 1.27. The van der Waals surface area contributed by atoms with E-state index in [1.54, 1.807) is 0 Å². The van der Waals surface area contributed by atoms with E-state index in [1.807, 2.05) is 13.8 Å². The van der Waals surface area contributed by atoms with Crippen LogP contribution in [-0.4, -0.2) is 50.5 Å². The van der Waals surface area contributed by atoms with E-state index in [0.29, 0.717) is 6.10 Å². The number of likely N-dealkylation sites (N-methyl/N-ethyl adjacent to an activating group) is 1. The quantitative estimate of drug-likeness (QED) is 0.628. The van der Waals surface area contributed by atoms with Crippen LogP contribution in [0.15, 0.2) is 0 Å². The van der Waals surface area contributed by atoms with Gasteiger partial charge in [0.2, 0.25) is 0 Å². The third kappa shape index (κ3) is 3.52. The molecule has 12 heavy (non-hydrogen) atoms. The fraction of sp³-hybridized carbons (Fsp3) is 1.00. The van der Waals surface area contributed by atoms with Crippen LogP contribution in [0.3, 0.4) is 0 Å². The number of hydrogen-bond acceptors (Lipinski definition) is 3. The van der Waals surface area contributed by atoms with Gasteiger partial charge in [0, 0.05) is 13.1 Å². The van der Waals surface area contributed by atoms with Crippen molar-refractivity contribution >= 4 is 0 Å². The van der Waals surface area contributed by atoms with Crippen molar-refractivity contribution in [3.8, 4) is 0 Å². The highest BCUT2D eigenvalue weighted by atomic mass is 16.5. The Morgan fingerprint density at radius 3 is 2.92 bits per heavy atom. The second-order valence-electron chi connectivity index (χ2n) is 3.64. The van der Waals surface area contributed by atoms with Crippen LogP contribution in [0.1, 0.15) is 13.8 Å². The standard InChI is InChI=1S/C9H19NO2/c1-8(2)12-7-9-6-10(3)4-5-11-9/h8-9H,4-7H2,1-3H3/t9-/m1/s1. The van der Waals surface area contributed by atoms with Crippen LogP contribution in [0.25, 0.3) is 0 Å². The maximum atomic E-state index is 5.53. The minimum Gasteiger partial charge on any atom is -0.376 e. The highest BCUT2D eigenvalue weighted by Gasteiger charge is 2.17. The molecule has 1 atom stereocenters. The smallest absolute Gasteiger partial charge is 0.0935 e. The maximum absolute atomic E-state index is 5.53. The third-order valence-corrected chi connectivity index (χ3v) is 1.96. The van der Waals surface area contributed by atoms with E-state index in [9.17, 15) is 0 Å². The Hall–Kier alpha value is -0.120. The largest absolute Gasteiger partial charge is 0.376 e. The zero-order chi connectivity index (χ0) is 8.97. The molecule has 1 rings (SSSR count). The molecule has 3 heteroatoms. The predicted molar refractivity (Wildman–Crippen MR) is 48.3 cm³/mol. The molecular weight excluding hydrogens is 154 g/mol. The van der Waals surface area contributed by atoms with Crippen molar-refractivity contribution in [1.82, 2.24) is 4.90 Å². The van der Waals surface area contributed by atoms with Gasteiger partial charge >= 0.3 is 0 Å². The normalized spacial score (nSPS) is 26.5. The Morgan fingerprint density at radius 1 is 1.58 bits per heavy atom. The van der Waals surface area contributed by atoms with Crippen molar-refractivity contribution in [3.63, 3.8) is 0 Å². The summed E-state index contributed by atoms with van der Waals surface area (Å²) < 4.78 is 11.0. The Labute approximate surface area is 74.6 Å². The van der Waals surface area contributed by atoms with E-state index >= 15 is 0 Å². The zero-order valence-corrected chi connectivity index (χ0v) is 8.25. The van der Waals surface area contributed by atoms with E-state index in [0.717, 1.165) is 26.3 Å². The van der Waals surface area contributed by atoms with E-state index in [1.165, 1.54) is 0 Å². The Balaban J connectivity index is 2.14. The van der Waals surface area contributed by atoms with Crippen molar-refractivity contribution in [2.24, 2.45) is 0 Å². The first-order valence-electron chi connectivity index (χ1n) is 4.60. The van der Waals surface area contributed by atoms with Gasteiger partial charge in [-0.3, -0.25) is 0 Å². The minimum atomic E-state index is 0.270. The summed E-state index contributed by atoms with van der Waals surface area (Å²) in [5.74, 6) is 0. The lowest BCUT2D eigenvalue weighted by Crippen LogP contribution is -2.42. The molecule has 0 radical (unpaired) electrons. The third-order valence-electron chi connectivity index (χ3n) is 1.96. The number of nitrogens with zero attached hydrogens (tertiary/aromatic N) is 1. The molecule has 0 aromatic heterocycles. The van der Waals surface area contributed by atoms with Crippen LogP contribution in [0.2, 0.25) is 0 Å². The molecule has 0 N–H and O–H groups in total. The molecular formula is C9H19NO2. The van der Waals surface area contributed by atoms with E-state index in [2.05, 4.69) is 11.9 Å². The summed E-state index contributed by atoms with van der Waals surface area (Å²) in [6, 6.07) is 0. The van der Waals surface area contributed by atoms with E-state index in [-0.39, 0.29) is 6.10 Å². The number of hydrogen-bond donors (Lipinski definition) is 0. The van der Waals surface area contributed by atoms with Gasteiger partial charge in [-0.25, -0.2) is 0 Å². The second-order valence-corrected chi connectivity index (χ2v) is 3.64. The van der Waals surface area contributed by atoms with Gasteiger partial charge in [-0.2, -0.15) is 0 Å². The average molecular weight is 173 g/mol. The van der Waals surface area contributed by atoms with Crippen molar-refractivity contribution in [2.45, 2.75) is 26.1 Å². The van der Waals surface area contributed by atoms with Crippen LogP contribution in [0.4, 0.5) is 0 Å². The highest BCUT2D eigenvalue weighted by molar-refractivity contribution is 4.68. The molecule has 1 aliphatic rings. The van der Waals surface area contributed by atoms with Crippen LogP contribution < -0.4 is 0 Å². The molecule has 0 bridgehead atoms. The summed E-state index contributed by atoms with van der Waals surface area (Å²) in [7, 11) is 2.12. The Kier molecular flexibility index (Phi) is 3.98. The summed E-state index contributed by atoms with van der Waals surface area (Å²) >= 11 is 0. The summed E-state index contributed by atoms with van der Waals surface area (Å²) in [6.45, 7) is 7.69. The van der Waals surface area contributed by atoms with Crippen molar-refractivity contribution in [3.05, 3.63) is 0 Å². The fourth-order valence-electron chi connectivity index (χ4n) is 1.27. The van der Waals surface area contributed by atoms with Gasteiger partial charge < -0.3 is 14.4 Å². The molecule has 3 nitrogen and oxygen atoms in total. The molecule has 0 aromatic carbocycles. The zero-order valence-electron chi connectivity index (χ0n) is 8.25. The first-order chi connectivity index (χ1) is 5.68. The molecule has 72 valence electrons. The lowest BCUT2D eigenvalue weighted by atomic mass is 10.3. The van der Waals surface area contributed by atoms with Crippen LogP contribution >= 0.6 is 0 Å². The van der Waals surface area contributed by atoms with Gasteiger partial charge in [0.25, 0.3) is 0 Å². The van der Waals surface area contributed by atoms with Crippen molar-refractivity contribution < 1.29 is 9.47 Å². The maximum Gasteiger partial charge on any atom is 0.0935 e. The summed E-state index contributed by atoms with van der Waals surface area (Å²) in [4.78, 5) is 2.28. The number of rotatable bonds is 3. The molecule has 0 unspecified atom stereocenters. The number of morpholine rings is 1. The van der Waals surface area contributed by atoms with Gasteiger partial charge in [-0.1, -0.05) is 0 Å². The summed E-state index contributed by atoms with van der Waals surface area (Å²) in [5.41, 5.74) is 0. The summed E-state index contributed by atoms with van der Waals surface area (Å²) in [5, 5.41) is 0.